The molecular formula is C11H12N2O2S. The van der Waals surface area contributed by atoms with Crippen molar-refractivity contribution in [1.82, 2.24) is 0 Å². The molecule has 5 heteroatoms. The highest BCUT2D eigenvalue weighted by Crippen LogP contribution is 2.13. The topological polar surface area (TPSA) is 70.0 Å². The van der Waals surface area contributed by atoms with E-state index in [1.807, 2.05) is 6.07 Å². The zero-order valence-electron chi connectivity index (χ0n) is 8.90. The Morgan fingerprint density at radius 1 is 1.50 bits per heavy atom. The van der Waals surface area contributed by atoms with E-state index in [2.05, 4.69) is 5.32 Å². The first-order valence-corrected chi connectivity index (χ1v) is 6.30. The Labute approximate surface area is 96.7 Å². The molecule has 84 valence electrons. The summed E-state index contributed by atoms with van der Waals surface area (Å²) in [5.74, 6) is 0.0896. The number of anilines is 1. The van der Waals surface area contributed by atoms with Gasteiger partial charge in [0.15, 0.2) is 0 Å². The molecule has 1 N–H and O–H groups in total. The molecule has 0 aliphatic rings. The van der Waals surface area contributed by atoms with Crippen LogP contribution < -0.4 is 5.32 Å². The monoisotopic (exact) mass is 236 g/mol. The van der Waals surface area contributed by atoms with Gasteiger partial charge in [-0.15, -0.1) is 0 Å². The largest absolute Gasteiger partial charge is 0.324 e. The molecule has 1 atom stereocenters. The van der Waals surface area contributed by atoms with Crippen molar-refractivity contribution in [2.24, 2.45) is 0 Å². The van der Waals surface area contributed by atoms with E-state index in [4.69, 9.17) is 5.26 Å². The number of rotatable bonds is 4. The number of amides is 1. The predicted octanol–water partition coefficient (Wildman–Crippen LogP) is 1.27. The first kappa shape index (κ1) is 12.4. The Morgan fingerprint density at radius 3 is 2.81 bits per heavy atom. The number of hydrogen-bond donors (Lipinski definition) is 1. The number of carbonyl (C=O) groups excluding carboxylic acids is 1. The third-order valence-corrected chi connectivity index (χ3v) is 3.16. The van der Waals surface area contributed by atoms with Gasteiger partial charge in [-0.05, 0) is 12.1 Å². The summed E-state index contributed by atoms with van der Waals surface area (Å²) in [6, 6.07) is 8.69. The molecule has 0 aromatic heterocycles. The number of hydrogen-bond acceptors (Lipinski definition) is 3. The van der Waals surface area contributed by atoms with Crippen LogP contribution in [0.1, 0.15) is 12.5 Å². The molecule has 0 saturated carbocycles. The van der Waals surface area contributed by atoms with Crippen LogP contribution in [-0.2, 0) is 15.6 Å². The molecule has 16 heavy (non-hydrogen) atoms. The van der Waals surface area contributed by atoms with Crippen molar-refractivity contribution in [3.05, 3.63) is 29.8 Å². The lowest BCUT2D eigenvalue weighted by Gasteiger charge is -2.05. The van der Waals surface area contributed by atoms with Gasteiger partial charge in [-0.3, -0.25) is 9.00 Å². The number of nitrogens with zero attached hydrogens (tertiary/aromatic N) is 1. The van der Waals surface area contributed by atoms with E-state index in [0.29, 0.717) is 17.0 Å². The van der Waals surface area contributed by atoms with Gasteiger partial charge in [0.2, 0.25) is 5.91 Å². The molecule has 1 aromatic carbocycles. The van der Waals surface area contributed by atoms with Crippen LogP contribution in [0.15, 0.2) is 24.3 Å². The van der Waals surface area contributed by atoms with E-state index in [9.17, 15) is 9.00 Å². The lowest BCUT2D eigenvalue weighted by molar-refractivity contribution is -0.113. The highest BCUT2D eigenvalue weighted by molar-refractivity contribution is 7.85. The zero-order valence-corrected chi connectivity index (χ0v) is 9.71. The second kappa shape index (κ2) is 6.03. The summed E-state index contributed by atoms with van der Waals surface area (Å²) in [5.41, 5.74) is 0.862. The van der Waals surface area contributed by atoms with Gasteiger partial charge in [-0.25, -0.2) is 0 Å². The SMILES string of the molecule is CCS(=O)CC(=O)Nc1ccccc1C#N. The van der Waals surface area contributed by atoms with Gasteiger partial charge in [0, 0.05) is 16.6 Å². The summed E-state index contributed by atoms with van der Waals surface area (Å²) in [5, 5.41) is 11.4. The van der Waals surface area contributed by atoms with Crippen molar-refractivity contribution in [3.63, 3.8) is 0 Å². The fourth-order valence-corrected chi connectivity index (χ4v) is 1.69. The minimum Gasteiger partial charge on any atom is -0.324 e. The Balaban J connectivity index is 2.70. The molecule has 1 amide bonds. The molecular weight excluding hydrogens is 224 g/mol. The van der Waals surface area contributed by atoms with Crippen molar-refractivity contribution in [1.29, 1.82) is 5.26 Å². The molecule has 4 nitrogen and oxygen atoms in total. The predicted molar refractivity (Wildman–Crippen MR) is 63.3 cm³/mol. The van der Waals surface area contributed by atoms with Crippen LogP contribution in [0.5, 0.6) is 0 Å². The average Bonchev–Trinajstić information content (AvgIpc) is 2.29. The quantitative estimate of drug-likeness (QED) is 0.855. The maximum atomic E-state index is 11.4. The molecule has 0 saturated heterocycles. The number of nitriles is 1. The molecule has 0 fully saturated rings. The van der Waals surface area contributed by atoms with E-state index < -0.39 is 10.8 Å². The summed E-state index contributed by atoms with van der Waals surface area (Å²) < 4.78 is 11.2. The van der Waals surface area contributed by atoms with Crippen LogP contribution in [0.3, 0.4) is 0 Å². The molecule has 1 aromatic rings. The lowest BCUT2D eigenvalue weighted by Crippen LogP contribution is -2.20. The van der Waals surface area contributed by atoms with Crippen LogP contribution in [0.25, 0.3) is 0 Å². The van der Waals surface area contributed by atoms with Crippen molar-refractivity contribution >= 4 is 22.4 Å². The summed E-state index contributed by atoms with van der Waals surface area (Å²) in [7, 11) is -1.13. The van der Waals surface area contributed by atoms with Gasteiger partial charge in [0.05, 0.1) is 11.3 Å². The number of para-hydroxylation sites is 1. The van der Waals surface area contributed by atoms with E-state index in [1.54, 1.807) is 31.2 Å². The van der Waals surface area contributed by atoms with Crippen LogP contribution in [0, 0.1) is 11.3 Å². The molecule has 1 unspecified atom stereocenters. The van der Waals surface area contributed by atoms with Crippen molar-refractivity contribution in [2.75, 3.05) is 16.8 Å². The van der Waals surface area contributed by atoms with Gasteiger partial charge in [0.1, 0.15) is 11.8 Å². The normalized spacial score (nSPS) is 11.5. The number of nitrogens with one attached hydrogen (secondary N) is 1. The van der Waals surface area contributed by atoms with Crippen LogP contribution in [0.2, 0.25) is 0 Å². The smallest absolute Gasteiger partial charge is 0.237 e. The lowest BCUT2D eigenvalue weighted by atomic mass is 10.2. The summed E-state index contributed by atoms with van der Waals surface area (Å²) >= 11 is 0. The molecule has 0 spiro atoms. The molecule has 0 bridgehead atoms. The number of benzene rings is 1. The first-order chi connectivity index (χ1) is 7.67. The van der Waals surface area contributed by atoms with Gasteiger partial charge < -0.3 is 5.32 Å². The minimum absolute atomic E-state index is 0.0315. The summed E-state index contributed by atoms with van der Waals surface area (Å²) in [6.45, 7) is 1.76. The van der Waals surface area contributed by atoms with E-state index in [0.717, 1.165) is 0 Å². The third kappa shape index (κ3) is 3.48. The fraction of sp³-hybridized carbons (Fsp3) is 0.273. The van der Waals surface area contributed by atoms with Gasteiger partial charge in [-0.2, -0.15) is 5.26 Å². The maximum Gasteiger partial charge on any atom is 0.237 e. The fourth-order valence-electron chi connectivity index (χ4n) is 1.12. The Bertz CT molecular complexity index is 452. The Hall–Kier alpha value is -1.67. The molecule has 0 heterocycles. The van der Waals surface area contributed by atoms with E-state index in [-0.39, 0.29) is 11.7 Å². The summed E-state index contributed by atoms with van der Waals surface area (Å²) in [4.78, 5) is 11.4. The molecule has 0 aliphatic heterocycles. The molecule has 1 rings (SSSR count). The van der Waals surface area contributed by atoms with E-state index >= 15 is 0 Å². The minimum atomic E-state index is -1.13. The third-order valence-electron chi connectivity index (χ3n) is 1.94. The number of carbonyl (C=O) groups is 1. The zero-order chi connectivity index (χ0) is 12.0. The van der Waals surface area contributed by atoms with Crippen LogP contribution in [0.4, 0.5) is 5.69 Å². The second-order valence-electron chi connectivity index (χ2n) is 3.08. The highest BCUT2D eigenvalue weighted by atomic mass is 32.2. The van der Waals surface area contributed by atoms with Crippen LogP contribution >= 0.6 is 0 Å². The second-order valence-corrected chi connectivity index (χ2v) is 4.82. The van der Waals surface area contributed by atoms with E-state index in [1.165, 1.54) is 0 Å². The van der Waals surface area contributed by atoms with Gasteiger partial charge in [-0.1, -0.05) is 19.1 Å². The molecule has 0 radical (unpaired) electrons. The first-order valence-electron chi connectivity index (χ1n) is 4.81. The van der Waals surface area contributed by atoms with Gasteiger partial charge in [0.25, 0.3) is 0 Å². The average molecular weight is 236 g/mol. The van der Waals surface area contributed by atoms with Crippen molar-refractivity contribution < 1.29 is 9.00 Å². The van der Waals surface area contributed by atoms with Crippen LogP contribution in [-0.4, -0.2) is 21.6 Å². The highest BCUT2D eigenvalue weighted by Gasteiger charge is 2.08. The standard InChI is InChI=1S/C11H12N2O2S/c1-2-16(15)8-11(14)13-10-6-4-3-5-9(10)7-12/h3-6H,2,8H2,1H3,(H,13,14). The summed E-state index contributed by atoms with van der Waals surface area (Å²) in [6.07, 6.45) is 0. The van der Waals surface area contributed by atoms with Crippen molar-refractivity contribution in [3.8, 4) is 6.07 Å². The van der Waals surface area contributed by atoms with Crippen molar-refractivity contribution in [2.45, 2.75) is 6.92 Å². The molecule has 0 aliphatic carbocycles. The van der Waals surface area contributed by atoms with Gasteiger partial charge >= 0.3 is 0 Å². The Kier molecular flexibility index (Phi) is 4.67. The Morgan fingerprint density at radius 2 is 2.19 bits per heavy atom. The maximum absolute atomic E-state index is 11.4.